The molecule has 0 radical (unpaired) electrons. The van der Waals surface area contributed by atoms with Crippen molar-refractivity contribution in [3.05, 3.63) is 60.2 Å². The van der Waals surface area contributed by atoms with E-state index in [1.54, 1.807) is 36.4 Å². The fraction of sp³-hybridized carbons (Fsp3) is 0. The van der Waals surface area contributed by atoms with Crippen molar-refractivity contribution in [2.45, 2.75) is 0 Å². The van der Waals surface area contributed by atoms with Crippen molar-refractivity contribution in [3.63, 3.8) is 0 Å². The van der Waals surface area contributed by atoms with Gasteiger partial charge in [0, 0.05) is 18.4 Å². The molecule has 0 aliphatic rings. The molecule has 0 aliphatic carbocycles. The molecule has 3 N–H and O–H groups in total. The summed E-state index contributed by atoms with van der Waals surface area (Å²) in [5.41, 5.74) is 7.61. The van der Waals surface area contributed by atoms with Crippen LogP contribution < -0.4 is 11.1 Å². The number of nitrogens with one attached hydrogen (secondary N) is 1. The lowest BCUT2D eigenvalue weighted by Gasteiger charge is -2.05. The number of nitrogen functional groups attached to an aromatic ring is 1. The van der Waals surface area contributed by atoms with Gasteiger partial charge in [0.1, 0.15) is 0 Å². The Bertz CT molecular complexity index is 483. The molecule has 82 valence electrons. The Labute approximate surface area is 95.4 Å². The standard InChI is InChI=1S/C13H12N2O.H2/c14-11-6-8-12(9-7-11)15-13(16)10-4-2-1-3-5-10;/h1-9H,14H2,(H,15,16);1H. The molecular formula is C13H14N2O. The van der Waals surface area contributed by atoms with Crippen LogP contribution >= 0.6 is 0 Å². The predicted molar refractivity (Wildman–Crippen MR) is 67.4 cm³/mol. The predicted octanol–water partition coefficient (Wildman–Crippen LogP) is 2.77. The van der Waals surface area contributed by atoms with Crippen molar-refractivity contribution in [1.29, 1.82) is 0 Å². The van der Waals surface area contributed by atoms with Gasteiger partial charge in [0.15, 0.2) is 0 Å². The molecule has 16 heavy (non-hydrogen) atoms. The summed E-state index contributed by atoms with van der Waals surface area (Å²) in [7, 11) is 0. The largest absolute Gasteiger partial charge is 0.399 e. The molecule has 0 fully saturated rings. The van der Waals surface area contributed by atoms with Crippen LogP contribution in [0.5, 0.6) is 0 Å². The Kier molecular flexibility index (Phi) is 2.87. The molecule has 0 unspecified atom stereocenters. The Morgan fingerprint density at radius 1 is 1.00 bits per heavy atom. The van der Waals surface area contributed by atoms with E-state index >= 15 is 0 Å². The molecule has 0 aromatic heterocycles. The Balaban J connectivity index is 0.00000144. The van der Waals surface area contributed by atoms with Crippen LogP contribution in [-0.4, -0.2) is 5.91 Å². The van der Waals surface area contributed by atoms with E-state index in [1.807, 2.05) is 18.2 Å². The number of nitrogens with two attached hydrogens (primary N) is 1. The molecule has 0 atom stereocenters. The third-order valence-electron chi connectivity index (χ3n) is 2.20. The first-order valence-electron chi connectivity index (χ1n) is 4.97. The third kappa shape index (κ3) is 2.39. The summed E-state index contributed by atoms with van der Waals surface area (Å²) < 4.78 is 0. The van der Waals surface area contributed by atoms with Gasteiger partial charge in [0.2, 0.25) is 0 Å². The Morgan fingerprint density at radius 3 is 2.25 bits per heavy atom. The highest BCUT2D eigenvalue weighted by Crippen LogP contribution is 2.11. The highest BCUT2D eigenvalue weighted by atomic mass is 16.1. The number of carbonyl (C=O) groups excluding carboxylic acids is 1. The summed E-state index contributed by atoms with van der Waals surface area (Å²) in [6, 6.07) is 16.1. The summed E-state index contributed by atoms with van der Waals surface area (Å²) in [6.07, 6.45) is 0. The highest BCUT2D eigenvalue weighted by molar-refractivity contribution is 6.04. The quantitative estimate of drug-likeness (QED) is 0.755. The first-order valence-corrected chi connectivity index (χ1v) is 4.97. The number of amides is 1. The molecule has 2 rings (SSSR count). The van der Waals surface area contributed by atoms with E-state index in [1.165, 1.54) is 0 Å². The van der Waals surface area contributed by atoms with E-state index in [-0.39, 0.29) is 7.33 Å². The summed E-state index contributed by atoms with van der Waals surface area (Å²) in [6.45, 7) is 0. The molecule has 1 amide bonds. The van der Waals surface area contributed by atoms with Crippen LogP contribution in [-0.2, 0) is 0 Å². The second kappa shape index (κ2) is 4.49. The maximum absolute atomic E-state index is 11.8. The van der Waals surface area contributed by atoms with E-state index in [0.29, 0.717) is 11.3 Å². The topological polar surface area (TPSA) is 55.1 Å². The lowest BCUT2D eigenvalue weighted by atomic mass is 10.2. The fourth-order valence-corrected chi connectivity index (χ4v) is 1.36. The lowest BCUT2D eigenvalue weighted by Crippen LogP contribution is -2.11. The maximum atomic E-state index is 11.8. The fourth-order valence-electron chi connectivity index (χ4n) is 1.36. The number of rotatable bonds is 2. The molecular weight excluding hydrogens is 200 g/mol. The van der Waals surface area contributed by atoms with Crippen LogP contribution in [0.25, 0.3) is 0 Å². The van der Waals surface area contributed by atoms with Crippen molar-refractivity contribution in [3.8, 4) is 0 Å². The minimum absolute atomic E-state index is 0. The average Bonchev–Trinajstić information content (AvgIpc) is 2.33. The smallest absolute Gasteiger partial charge is 0.255 e. The molecule has 0 spiro atoms. The summed E-state index contributed by atoms with van der Waals surface area (Å²) >= 11 is 0. The van der Waals surface area contributed by atoms with E-state index in [0.717, 1.165) is 5.69 Å². The molecule has 2 aromatic carbocycles. The van der Waals surface area contributed by atoms with Gasteiger partial charge >= 0.3 is 0 Å². The third-order valence-corrected chi connectivity index (χ3v) is 2.20. The van der Waals surface area contributed by atoms with E-state index < -0.39 is 0 Å². The molecule has 0 saturated heterocycles. The van der Waals surface area contributed by atoms with Crippen LogP contribution in [0, 0.1) is 0 Å². The lowest BCUT2D eigenvalue weighted by molar-refractivity contribution is 0.102. The highest BCUT2D eigenvalue weighted by Gasteiger charge is 2.03. The van der Waals surface area contributed by atoms with Gasteiger partial charge in [-0.3, -0.25) is 4.79 Å². The molecule has 0 heterocycles. The van der Waals surface area contributed by atoms with Gasteiger partial charge in [-0.2, -0.15) is 0 Å². The summed E-state index contributed by atoms with van der Waals surface area (Å²) in [5.74, 6) is -0.120. The Morgan fingerprint density at radius 2 is 1.62 bits per heavy atom. The van der Waals surface area contributed by atoms with Gasteiger partial charge in [0.25, 0.3) is 5.91 Å². The van der Waals surface area contributed by atoms with Crippen LogP contribution in [0.15, 0.2) is 54.6 Å². The van der Waals surface area contributed by atoms with E-state index in [9.17, 15) is 4.79 Å². The summed E-state index contributed by atoms with van der Waals surface area (Å²) in [4.78, 5) is 11.8. The first kappa shape index (κ1) is 10.2. The zero-order chi connectivity index (χ0) is 11.4. The van der Waals surface area contributed by atoms with Crippen LogP contribution in [0.4, 0.5) is 11.4 Å². The van der Waals surface area contributed by atoms with Crippen molar-refractivity contribution in [2.75, 3.05) is 11.1 Å². The molecule has 2 aromatic rings. The second-order valence-electron chi connectivity index (χ2n) is 3.44. The maximum Gasteiger partial charge on any atom is 0.255 e. The normalized spacial score (nSPS) is 9.75. The van der Waals surface area contributed by atoms with Crippen molar-refractivity contribution < 1.29 is 6.22 Å². The number of hydrogen-bond donors (Lipinski definition) is 2. The second-order valence-corrected chi connectivity index (χ2v) is 3.44. The van der Waals surface area contributed by atoms with Crippen molar-refractivity contribution >= 4 is 17.3 Å². The minimum Gasteiger partial charge on any atom is -0.399 e. The SMILES string of the molecule is Nc1ccc(NC(=O)c2ccccc2)cc1.[HH]. The molecule has 0 bridgehead atoms. The monoisotopic (exact) mass is 214 g/mol. The van der Waals surface area contributed by atoms with Gasteiger partial charge in [-0.15, -0.1) is 0 Å². The number of hydrogen-bond acceptors (Lipinski definition) is 2. The molecule has 0 saturated carbocycles. The van der Waals surface area contributed by atoms with E-state index in [4.69, 9.17) is 5.73 Å². The zero-order valence-corrected chi connectivity index (χ0v) is 8.68. The van der Waals surface area contributed by atoms with E-state index in [2.05, 4.69) is 5.32 Å². The Hall–Kier alpha value is -2.29. The van der Waals surface area contributed by atoms with Crippen LogP contribution in [0.3, 0.4) is 0 Å². The first-order chi connectivity index (χ1) is 7.75. The van der Waals surface area contributed by atoms with Gasteiger partial charge in [0.05, 0.1) is 0 Å². The number of anilines is 2. The summed E-state index contributed by atoms with van der Waals surface area (Å²) in [5, 5.41) is 2.79. The van der Waals surface area contributed by atoms with Gasteiger partial charge in [-0.05, 0) is 36.4 Å². The van der Waals surface area contributed by atoms with Gasteiger partial charge in [-0.1, -0.05) is 18.2 Å². The van der Waals surface area contributed by atoms with Gasteiger partial charge < -0.3 is 11.1 Å². The van der Waals surface area contributed by atoms with Crippen molar-refractivity contribution in [1.82, 2.24) is 0 Å². The molecule has 3 nitrogen and oxygen atoms in total. The van der Waals surface area contributed by atoms with Gasteiger partial charge in [-0.25, -0.2) is 0 Å². The minimum atomic E-state index is -0.120. The molecule has 0 aliphatic heterocycles. The van der Waals surface area contributed by atoms with Crippen LogP contribution in [0.2, 0.25) is 0 Å². The number of carbonyl (C=O) groups is 1. The zero-order valence-electron chi connectivity index (χ0n) is 8.68. The molecule has 3 heteroatoms. The van der Waals surface area contributed by atoms with Crippen molar-refractivity contribution in [2.24, 2.45) is 0 Å². The average molecular weight is 214 g/mol. The van der Waals surface area contributed by atoms with Crippen LogP contribution in [0.1, 0.15) is 11.8 Å². The number of benzene rings is 2.